The van der Waals surface area contributed by atoms with Crippen molar-refractivity contribution >= 4 is 21.8 Å². The van der Waals surface area contributed by atoms with E-state index in [0.717, 1.165) is 36.0 Å². The minimum Gasteiger partial charge on any atom is -0.454 e. The van der Waals surface area contributed by atoms with Gasteiger partial charge in [-0.3, -0.25) is 4.79 Å². The van der Waals surface area contributed by atoms with E-state index in [0.29, 0.717) is 38.0 Å². The quantitative estimate of drug-likeness (QED) is 0.340. The molecular weight excluding hydrogens is 435 g/mol. The fraction of sp³-hybridized carbons (Fsp3) is 0.391. The molecule has 0 saturated carbocycles. The van der Waals surface area contributed by atoms with Crippen LogP contribution in [0.25, 0.3) is 0 Å². The van der Waals surface area contributed by atoms with Gasteiger partial charge in [0.25, 0.3) is 0 Å². The summed E-state index contributed by atoms with van der Waals surface area (Å²) in [6.45, 7) is 8.02. The van der Waals surface area contributed by atoms with Crippen molar-refractivity contribution in [2.75, 3.05) is 19.7 Å². The molecule has 9 heteroatoms. The number of allylic oxidation sites excluding steroid dienone is 1. The summed E-state index contributed by atoms with van der Waals surface area (Å²) in [5, 5.41) is 0. The number of esters is 1. The van der Waals surface area contributed by atoms with E-state index in [1.165, 1.54) is 4.31 Å². The Morgan fingerprint density at radius 3 is 2.50 bits per heavy atom. The average Bonchev–Trinajstić information content (AvgIpc) is 3.06. The van der Waals surface area contributed by atoms with Gasteiger partial charge < -0.3 is 9.30 Å². The highest BCUT2D eigenvalue weighted by Crippen LogP contribution is 2.24. The van der Waals surface area contributed by atoms with Crippen LogP contribution in [-0.4, -0.2) is 48.7 Å². The molecule has 0 spiro atoms. The Morgan fingerprint density at radius 2 is 1.84 bits per heavy atom. The van der Waals surface area contributed by atoms with Crippen LogP contribution in [0.5, 0.6) is 0 Å². The summed E-state index contributed by atoms with van der Waals surface area (Å²) in [7, 11) is -4.06. The van der Waals surface area contributed by atoms with Crippen molar-refractivity contribution in [2.24, 2.45) is 0 Å². The van der Waals surface area contributed by atoms with Crippen LogP contribution in [0.1, 0.15) is 51.4 Å². The van der Waals surface area contributed by atoms with Crippen molar-refractivity contribution in [2.45, 2.75) is 44.6 Å². The molecule has 0 radical (unpaired) electrons. The Hall–Kier alpha value is -2.78. The van der Waals surface area contributed by atoms with Crippen LogP contribution in [0.4, 0.5) is 4.39 Å². The zero-order chi connectivity index (χ0) is 23.5. The number of hydrogen-bond acceptors (Lipinski definition) is 5. The van der Waals surface area contributed by atoms with E-state index in [4.69, 9.17) is 4.74 Å². The predicted molar refractivity (Wildman–Crippen MR) is 118 cm³/mol. The van der Waals surface area contributed by atoms with Crippen molar-refractivity contribution in [1.29, 1.82) is 0 Å². The SMILES string of the molecule is C=CCn1c(C)cc(C(=O)COC(=O)c2ccc(F)c(S(=O)(=O)N3CCCCC3)c2)c1C. The predicted octanol–water partition coefficient (Wildman–Crippen LogP) is 3.64. The number of rotatable bonds is 8. The molecule has 2 heterocycles. The third-order valence-corrected chi connectivity index (χ3v) is 7.53. The molecule has 1 aromatic carbocycles. The van der Waals surface area contributed by atoms with Crippen molar-refractivity contribution in [1.82, 2.24) is 8.87 Å². The van der Waals surface area contributed by atoms with Gasteiger partial charge in [-0.05, 0) is 51.0 Å². The second-order valence-corrected chi connectivity index (χ2v) is 9.70. The number of nitrogens with zero attached hydrogens (tertiary/aromatic N) is 2. The maximum absolute atomic E-state index is 14.3. The summed E-state index contributed by atoms with van der Waals surface area (Å²) in [5.41, 5.74) is 1.92. The number of ether oxygens (including phenoxy) is 1. The van der Waals surface area contributed by atoms with Gasteiger partial charge >= 0.3 is 5.97 Å². The number of carbonyl (C=O) groups excluding carboxylic acids is 2. The van der Waals surface area contributed by atoms with Crippen molar-refractivity contribution in [3.63, 3.8) is 0 Å². The maximum atomic E-state index is 14.3. The second-order valence-electron chi connectivity index (χ2n) is 7.79. The van der Waals surface area contributed by atoms with Crippen molar-refractivity contribution < 1.29 is 27.1 Å². The Labute approximate surface area is 187 Å². The van der Waals surface area contributed by atoms with Crippen LogP contribution in [0.15, 0.2) is 41.8 Å². The van der Waals surface area contributed by atoms with E-state index in [2.05, 4.69) is 6.58 Å². The summed E-state index contributed by atoms with van der Waals surface area (Å²) < 4.78 is 48.3. The first kappa shape index (κ1) is 23.9. The van der Waals surface area contributed by atoms with E-state index < -0.39 is 33.3 Å². The van der Waals surface area contributed by atoms with Crippen LogP contribution < -0.4 is 0 Å². The van der Waals surface area contributed by atoms with E-state index >= 15 is 0 Å². The van der Waals surface area contributed by atoms with Crippen LogP contribution in [0.3, 0.4) is 0 Å². The fourth-order valence-electron chi connectivity index (χ4n) is 3.86. The number of sulfonamides is 1. The fourth-order valence-corrected chi connectivity index (χ4v) is 5.47. The highest BCUT2D eigenvalue weighted by atomic mass is 32.2. The zero-order valence-electron chi connectivity index (χ0n) is 18.3. The van der Waals surface area contributed by atoms with Crippen molar-refractivity contribution in [3.05, 3.63) is 65.3 Å². The molecule has 0 aliphatic carbocycles. The third-order valence-electron chi connectivity index (χ3n) is 5.62. The number of hydrogen-bond donors (Lipinski definition) is 0. The topological polar surface area (TPSA) is 85.7 Å². The number of Topliss-reactive ketones (excluding diaryl/α,β-unsaturated/α-hetero) is 1. The average molecular weight is 463 g/mol. The summed E-state index contributed by atoms with van der Waals surface area (Å²) in [6.07, 6.45) is 4.05. The molecule has 32 heavy (non-hydrogen) atoms. The van der Waals surface area contributed by atoms with Crippen LogP contribution in [0, 0.1) is 19.7 Å². The second kappa shape index (κ2) is 9.79. The van der Waals surface area contributed by atoms with Crippen LogP contribution >= 0.6 is 0 Å². The first-order valence-corrected chi connectivity index (χ1v) is 11.9. The van der Waals surface area contributed by atoms with E-state index in [9.17, 15) is 22.4 Å². The Morgan fingerprint density at radius 1 is 1.16 bits per heavy atom. The van der Waals surface area contributed by atoms with Gasteiger partial charge in [0.05, 0.1) is 5.56 Å². The number of carbonyl (C=O) groups is 2. The van der Waals surface area contributed by atoms with Gasteiger partial charge in [-0.2, -0.15) is 4.31 Å². The van der Waals surface area contributed by atoms with Gasteiger partial charge in [0.15, 0.2) is 6.61 Å². The molecule has 0 N–H and O–H groups in total. The lowest BCUT2D eigenvalue weighted by Crippen LogP contribution is -2.36. The summed E-state index contributed by atoms with van der Waals surface area (Å²) >= 11 is 0. The van der Waals surface area contributed by atoms with Gasteiger partial charge in [0.1, 0.15) is 10.7 Å². The van der Waals surface area contributed by atoms with E-state index in [1.54, 1.807) is 19.1 Å². The largest absolute Gasteiger partial charge is 0.454 e. The van der Waals surface area contributed by atoms with Gasteiger partial charge in [-0.1, -0.05) is 12.5 Å². The summed E-state index contributed by atoms with van der Waals surface area (Å²) in [6, 6.07) is 4.77. The number of aryl methyl sites for hydroxylation is 1. The highest BCUT2D eigenvalue weighted by molar-refractivity contribution is 7.89. The molecule has 0 unspecified atom stereocenters. The summed E-state index contributed by atoms with van der Waals surface area (Å²) in [4.78, 5) is 24.5. The van der Waals surface area contributed by atoms with Crippen molar-refractivity contribution in [3.8, 4) is 0 Å². The number of aromatic nitrogens is 1. The molecule has 1 saturated heterocycles. The lowest BCUT2D eigenvalue weighted by atomic mass is 10.1. The standard InChI is InChI=1S/C23H27FN2O5S/c1-4-10-26-16(2)13-19(17(26)3)21(27)15-31-23(28)18-8-9-20(24)22(14-18)32(29,30)25-11-6-5-7-12-25/h4,8-9,13-14H,1,5-7,10-12,15H2,2-3H3. The molecular formula is C23H27FN2O5S. The normalized spacial score (nSPS) is 14.8. The molecule has 172 valence electrons. The molecule has 3 rings (SSSR count). The summed E-state index contributed by atoms with van der Waals surface area (Å²) in [5.74, 6) is -2.21. The molecule has 2 aromatic rings. The highest BCUT2D eigenvalue weighted by Gasteiger charge is 2.29. The first-order valence-electron chi connectivity index (χ1n) is 10.4. The van der Waals surface area contributed by atoms with E-state index in [-0.39, 0.29) is 11.3 Å². The third kappa shape index (κ3) is 4.83. The van der Waals surface area contributed by atoms with Gasteiger partial charge in [0, 0.05) is 36.6 Å². The molecule has 1 fully saturated rings. The molecule has 1 aliphatic heterocycles. The molecule has 1 aliphatic rings. The minimum absolute atomic E-state index is 0.132. The van der Waals surface area contributed by atoms with Gasteiger partial charge in [-0.15, -0.1) is 6.58 Å². The first-order chi connectivity index (χ1) is 15.2. The lowest BCUT2D eigenvalue weighted by molar-refractivity contribution is 0.0474. The Balaban J connectivity index is 1.75. The molecule has 0 amide bonds. The molecule has 7 nitrogen and oxygen atoms in total. The minimum atomic E-state index is -4.06. The molecule has 0 bridgehead atoms. The zero-order valence-corrected chi connectivity index (χ0v) is 19.1. The maximum Gasteiger partial charge on any atom is 0.338 e. The molecule has 1 aromatic heterocycles. The number of benzene rings is 1. The van der Waals surface area contributed by atoms with E-state index in [1.807, 2.05) is 11.5 Å². The smallest absolute Gasteiger partial charge is 0.338 e. The van der Waals surface area contributed by atoms with Gasteiger partial charge in [-0.25, -0.2) is 17.6 Å². The van der Waals surface area contributed by atoms with Crippen LogP contribution in [0.2, 0.25) is 0 Å². The van der Waals surface area contributed by atoms with Gasteiger partial charge in [0.2, 0.25) is 15.8 Å². The van der Waals surface area contributed by atoms with Crippen LogP contribution in [-0.2, 0) is 21.3 Å². The Kier molecular flexibility index (Phi) is 7.30. The molecule has 0 atom stereocenters. The number of piperidine rings is 1. The monoisotopic (exact) mass is 462 g/mol. The lowest BCUT2D eigenvalue weighted by Gasteiger charge is -2.26. The Bertz CT molecular complexity index is 1150. The number of ketones is 1. The number of halogens is 1.